The molecule has 2 aliphatic rings. The lowest BCUT2D eigenvalue weighted by Gasteiger charge is -2.30. The van der Waals surface area contributed by atoms with Gasteiger partial charge in [-0.1, -0.05) is 70.4 Å². The number of carboxylic acids is 2. The molecule has 0 bridgehead atoms. The first kappa shape index (κ1) is 38.8. The van der Waals surface area contributed by atoms with Crippen molar-refractivity contribution in [2.45, 2.75) is 89.9 Å². The van der Waals surface area contributed by atoms with E-state index in [1.807, 2.05) is 36.4 Å². The van der Waals surface area contributed by atoms with Crippen LogP contribution < -0.4 is 25.4 Å². The number of aromatic nitrogens is 1. The molecule has 5 N–H and O–H groups in total. The second kappa shape index (κ2) is 17.4. The molecule has 3 aromatic rings. The Morgan fingerprint density at radius 3 is 2.25 bits per heavy atom. The summed E-state index contributed by atoms with van der Waals surface area (Å²) in [6.45, 7) is 5.08. The Balaban J connectivity index is 1.46. The van der Waals surface area contributed by atoms with Gasteiger partial charge in [0.25, 0.3) is 0 Å². The Hall–Kier alpha value is -5.46. The van der Waals surface area contributed by atoms with Crippen molar-refractivity contribution in [2.24, 2.45) is 17.8 Å². The molecule has 5 atom stereocenters. The smallest absolute Gasteiger partial charge is 0.326 e. The SMILES string of the molecule is CC[C@H](NC(=O)[C@H]1C[C@H](Oc2cc(-c3ccccc3)nc3cc(OC)ccc23)C=C1C(=O)N[C@H](C(=O)N[C@H](C(=O)O)C1CCCCC1)C(C)C)C(=O)O. The standard InChI is InChI=1S/C40H48N4O9/c1-5-30(39(48)49)42-36(45)28-18-26(53-33-21-31(23-12-8-6-9-13-23)41-32-20-25(52-4)16-17-27(32)33)19-29(28)37(46)43-34(22(2)3)38(47)44-35(40(50)51)24-14-10-7-11-15-24/h6,8-9,12-13,16-17,19-22,24,26,28,30,34-35H,5,7,10-11,14-15,18H2,1-4H3,(H,42,45)(H,43,46)(H,44,47)(H,48,49)(H,50,51)/t26-,28-,30-,34-,35-/m0/s1. The van der Waals surface area contributed by atoms with Gasteiger partial charge < -0.3 is 35.6 Å². The fourth-order valence-corrected chi connectivity index (χ4v) is 7.09. The molecule has 0 radical (unpaired) electrons. The maximum Gasteiger partial charge on any atom is 0.326 e. The number of methoxy groups -OCH3 is 1. The van der Waals surface area contributed by atoms with Gasteiger partial charge in [-0.05, 0) is 49.3 Å². The maximum absolute atomic E-state index is 14.1. The van der Waals surface area contributed by atoms with Gasteiger partial charge in [0.15, 0.2) is 0 Å². The molecular weight excluding hydrogens is 680 g/mol. The van der Waals surface area contributed by atoms with E-state index in [1.165, 1.54) is 6.08 Å². The molecule has 3 amide bonds. The molecule has 1 saturated carbocycles. The summed E-state index contributed by atoms with van der Waals surface area (Å²) in [5.74, 6) is -5.09. The number of hydrogen-bond donors (Lipinski definition) is 5. The fourth-order valence-electron chi connectivity index (χ4n) is 7.09. The Labute approximate surface area is 308 Å². The van der Waals surface area contributed by atoms with Crippen molar-refractivity contribution in [1.29, 1.82) is 0 Å². The molecule has 0 saturated heterocycles. The zero-order chi connectivity index (χ0) is 38.2. The van der Waals surface area contributed by atoms with Crippen molar-refractivity contribution in [2.75, 3.05) is 7.11 Å². The van der Waals surface area contributed by atoms with Crippen molar-refractivity contribution in [3.05, 3.63) is 66.2 Å². The summed E-state index contributed by atoms with van der Waals surface area (Å²) < 4.78 is 12.0. The Kier molecular flexibility index (Phi) is 12.7. The van der Waals surface area contributed by atoms with Crippen LogP contribution in [0.15, 0.2) is 66.2 Å². The molecule has 0 unspecified atom stereocenters. The molecule has 1 aromatic heterocycles. The number of carbonyl (C=O) groups is 5. The van der Waals surface area contributed by atoms with Crippen LogP contribution in [0.3, 0.4) is 0 Å². The molecule has 53 heavy (non-hydrogen) atoms. The highest BCUT2D eigenvalue weighted by Crippen LogP contribution is 2.36. The number of carbonyl (C=O) groups excluding carboxylic acids is 3. The first-order valence-corrected chi connectivity index (χ1v) is 18.2. The lowest BCUT2D eigenvalue weighted by molar-refractivity contribution is -0.144. The van der Waals surface area contributed by atoms with Crippen LogP contribution in [0.2, 0.25) is 0 Å². The summed E-state index contributed by atoms with van der Waals surface area (Å²) in [5, 5.41) is 28.3. The molecule has 5 rings (SSSR count). The second-order valence-electron chi connectivity index (χ2n) is 14.0. The molecule has 13 heteroatoms. The number of nitrogens with zero attached hydrogens (tertiary/aromatic N) is 1. The molecule has 282 valence electrons. The largest absolute Gasteiger partial charge is 0.497 e. The van der Waals surface area contributed by atoms with Crippen LogP contribution in [0.4, 0.5) is 0 Å². The number of hydrogen-bond acceptors (Lipinski definition) is 8. The van der Waals surface area contributed by atoms with E-state index in [2.05, 4.69) is 16.0 Å². The predicted octanol–water partition coefficient (Wildman–Crippen LogP) is 4.87. The average molecular weight is 729 g/mol. The Bertz CT molecular complexity index is 1860. The molecule has 2 aromatic carbocycles. The Morgan fingerprint density at radius 2 is 1.62 bits per heavy atom. The first-order valence-electron chi connectivity index (χ1n) is 18.2. The summed E-state index contributed by atoms with van der Waals surface area (Å²) in [6, 6.07) is 13.3. The van der Waals surface area contributed by atoms with Crippen LogP contribution in [-0.4, -0.2) is 76.2 Å². The number of benzene rings is 2. The number of ether oxygens (including phenoxy) is 2. The van der Waals surface area contributed by atoms with E-state index >= 15 is 0 Å². The normalized spacial score (nSPS) is 19.1. The van der Waals surface area contributed by atoms with Gasteiger partial charge in [-0.3, -0.25) is 14.4 Å². The second-order valence-corrected chi connectivity index (χ2v) is 14.0. The summed E-state index contributed by atoms with van der Waals surface area (Å²) in [4.78, 5) is 70.2. The topological polar surface area (TPSA) is 193 Å². The number of nitrogens with one attached hydrogen (secondary N) is 3. The number of rotatable bonds is 15. The highest BCUT2D eigenvalue weighted by atomic mass is 16.5. The molecular formula is C40H48N4O9. The maximum atomic E-state index is 14.1. The van der Waals surface area contributed by atoms with Gasteiger partial charge in [-0.25, -0.2) is 14.6 Å². The van der Waals surface area contributed by atoms with E-state index in [0.29, 0.717) is 40.9 Å². The van der Waals surface area contributed by atoms with E-state index < -0.39 is 65.7 Å². The van der Waals surface area contributed by atoms with E-state index in [0.717, 1.165) is 24.8 Å². The summed E-state index contributed by atoms with van der Waals surface area (Å²) in [5.41, 5.74) is 2.08. The van der Waals surface area contributed by atoms with Gasteiger partial charge in [-0.15, -0.1) is 0 Å². The third-order valence-electron chi connectivity index (χ3n) is 10.1. The number of aliphatic carboxylic acids is 2. The fraction of sp³-hybridized carbons (Fsp3) is 0.450. The highest BCUT2D eigenvalue weighted by Gasteiger charge is 2.40. The van der Waals surface area contributed by atoms with Crippen molar-refractivity contribution in [1.82, 2.24) is 20.9 Å². The van der Waals surface area contributed by atoms with Gasteiger partial charge in [0.05, 0.1) is 24.2 Å². The Morgan fingerprint density at radius 1 is 0.906 bits per heavy atom. The molecule has 0 aliphatic heterocycles. The van der Waals surface area contributed by atoms with E-state index in [4.69, 9.17) is 14.5 Å². The van der Waals surface area contributed by atoms with E-state index in [-0.39, 0.29) is 24.3 Å². The molecule has 1 fully saturated rings. The average Bonchev–Trinajstić information content (AvgIpc) is 3.58. The number of carboxylic acid groups (broad SMARTS) is 2. The summed E-state index contributed by atoms with van der Waals surface area (Å²) >= 11 is 0. The third-order valence-corrected chi connectivity index (χ3v) is 10.1. The van der Waals surface area contributed by atoms with Crippen molar-refractivity contribution in [3.8, 4) is 22.8 Å². The monoisotopic (exact) mass is 728 g/mol. The number of pyridine rings is 1. The highest BCUT2D eigenvalue weighted by molar-refractivity contribution is 6.03. The number of amides is 3. The van der Waals surface area contributed by atoms with Crippen molar-refractivity contribution >= 4 is 40.6 Å². The molecule has 2 aliphatic carbocycles. The van der Waals surface area contributed by atoms with Gasteiger partial charge >= 0.3 is 11.9 Å². The van der Waals surface area contributed by atoms with E-state index in [9.17, 15) is 34.2 Å². The van der Waals surface area contributed by atoms with Crippen LogP contribution in [0.1, 0.15) is 65.7 Å². The third kappa shape index (κ3) is 9.32. The van der Waals surface area contributed by atoms with Crippen molar-refractivity contribution in [3.63, 3.8) is 0 Å². The zero-order valence-electron chi connectivity index (χ0n) is 30.5. The van der Waals surface area contributed by atoms with Gasteiger partial charge in [-0.2, -0.15) is 0 Å². The van der Waals surface area contributed by atoms with Crippen LogP contribution in [-0.2, 0) is 24.0 Å². The number of fused-ring (bicyclic) bond motifs is 1. The minimum Gasteiger partial charge on any atom is -0.497 e. The van der Waals surface area contributed by atoms with Crippen LogP contribution in [0, 0.1) is 17.8 Å². The molecule has 13 nitrogen and oxygen atoms in total. The van der Waals surface area contributed by atoms with Crippen LogP contribution in [0.25, 0.3) is 22.2 Å². The lowest BCUT2D eigenvalue weighted by Crippen LogP contribution is -2.56. The lowest BCUT2D eigenvalue weighted by atomic mass is 9.83. The predicted molar refractivity (Wildman–Crippen MR) is 197 cm³/mol. The first-order chi connectivity index (χ1) is 25.4. The van der Waals surface area contributed by atoms with Crippen molar-refractivity contribution < 1.29 is 43.7 Å². The van der Waals surface area contributed by atoms with Crippen LogP contribution >= 0.6 is 0 Å². The summed E-state index contributed by atoms with van der Waals surface area (Å²) in [6.07, 6.45) is 4.99. The van der Waals surface area contributed by atoms with Crippen LogP contribution in [0.5, 0.6) is 11.5 Å². The zero-order valence-corrected chi connectivity index (χ0v) is 30.5. The van der Waals surface area contributed by atoms with Gasteiger partial charge in [0.1, 0.15) is 35.7 Å². The van der Waals surface area contributed by atoms with Gasteiger partial charge in [0.2, 0.25) is 17.7 Å². The quantitative estimate of drug-likeness (QED) is 0.144. The minimum atomic E-state index is -1.21. The minimum absolute atomic E-state index is 0.00654. The summed E-state index contributed by atoms with van der Waals surface area (Å²) in [7, 11) is 1.56. The molecule has 1 heterocycles. The van der Waals surface area contributed by atoms with E-state index in [1.54, 1.807) is 46.1 Å². The molecule has 0 spiro atoms. The van der Waals surface area contributed by atoms with Gasteiger partial charge in [0, 0.05) is 35.1 Å².